The highest BCUT2D eigenvalue weighted by molar-refractivity contribution is 5.94. The minimum absolute atomic E-state index is 0.0524. The van der Waals surface area contributed by atoms with Crippen molar-refractivity contribution < 1.29 is 18.9 Å². The second kappa shape index (κ2) is 7.21. The predicted octanol–water partition coefficient (Wildman–Crippen LogP) is 2.74. The van der Waals surface area contributed by atoms with E-state index in [-0.39, 0.29) is 11.9 Å². The molecule has 1 N–H and O–H groups in total. The number of hydrogen-bond acceptors (Lipinski definition) is 6. The zero-order valence-corrected chi connectivity index (χ0v) is 12.6. The zero-order chi connectivity index (χ0) is 16.8. The Morgan fingerprint density at radius 1 is 1.30 bits per heavy atom. The average Bonchev–Trinajstić information content (AvgIpc) is 2.96. The maximum atomic E-state index is 11.9. The van der Waals surface area contributed by atoms with Crippen molar-refractivity contribution in [3.63, 3.8) is 0 Å². The van der Waals surface area contributed by atoms with E-state index in [4.69, 9.17) is 9.15 Å². The minimum atomic E-state index is -0.656. The molecule has 2 rings (SSSR count). The number of carbonyl (C=O) groups excluding carboxylic acids is 1. The monoisotopic (exact) mass is 317 g/mol. The Labute approximate surface area is 131 Å². The fourth-order valence-electron chi connectivity index (χ4n) is 1.69. The molecule has 0 fully saturated rings. The van der Waals surface area contributed by atoms with Crippen LogP contribution in [0.1, 0.15) is 30.0 Å². The summed E-state index contributed by atoms with van der Waals surface area (Å²) in [5, 5.41) is 14.2. The van der Waals surface area contributed by atoms with Crippen LogP contribution in [0.2, 0.25) is 0 Å². The van der Waals surface area contributed by atoms with Gasteiger partial charge < -0.3 is 9.15 Å². The number of benzene rings is 1. The van der Waals surface area contributed by atoms with Crippen molar-refractivity contribution in [2.24, 2.45) is 5.10 Å². The first kappa shape index (κ1) is 16.2. The van der Waals surface area contributed by atoms with Crippen LogP contribution in [0.5, 0.6) is 5.75 Å². The number of furan rings is 1. The molecule has 23 heavy (non-hydrogen) atoms. The Kier molecular flexibility index (Phi) is 5.08. The highest BCUT2D eigenvalue weighted by Gasteiger charge is 2.10. The minimum Gasteiger partial charge on any atom is -0.491 e. The molecule has 8 nitrogen and oxygen atoms in total. The lowest BCUT2D eigenvalue weighted by molar-refractivity contribution is -0.402. The molecule has 120 valence electrons. The molecule has 0 atom stereocenters. The molecular weight excluding hydrogens is 302 g/mol. The van der Waals surface area contributed by atoms with Crippen molar-refractivity contribution in [1.82, 2.24) is 5.43 Å². The summed E-state index contributed by atoms with van der Waals surface area (Å²) in [6, 6.07) is 9.19. The van der Waals surface area contributed by atoms with Crippen molar-refractivity contribution >= 4 is 18.0 Å². The summed E-state index contributed by atoms with van der Waals surface area (Å²) in [6.07, 6.45) is 1.23. The largest absolute Gasteiger partial charge is 0.491 e. The highest BCUT2D eigenvalue weighted by Crippen LogP contribution is 2.14. The standard InChI is InChI=1S/C15H15N3O5/c1-10(2)22-12-5-3-11(4-6-12)15(19)17-16-9-13-7-8-14(23-13)18(20)21/h3-10H,1-2H3,(H,17,19)/b16-9+. The molecule has 0 radical (unpaired) electrons. The highest BCUT2D eigenvalue weighted by atomic mass is 16.6. The van der Waals surface area contributed by atoms with E-state index in [1.807, 2.05) is 13.8 Å². The van der Waals surface area contributed by atoms with Crippen LogP contribution in [-0.4, -0.2) is 23.1 Å². The molecule has 0 unspecified atom stereocenters. The SMILES string of the molecule is CC(C)Oc1ccc(C(=O)N/N=C/c2ccc([N+](=O)[O-])o2)cc1. The molecule has 0 bridgehead atoms. The van der Waals surface area contributed by atoms with Crippen molar-refractivity contribution in [1.29, 1.82) is 0 Å². The van der Waals surface area contributed by atoms with Gasteiger partial charge in [-0.1, -0.05) is 0 Å². The van der Waals surface area contributed by atoms with Crippen LogP contribution in [0.15, 0.2) is 45.9 Å². The quantitative estimate of drug-likeness (QED) is 0.501. The summed E-state index contributed by atoms with van der Waals surface area (Å²) in [6.45, 7) is 3.82. The van der Waals surface area contributed by atoms with Crippen molar-refractivity contribution in [2.75, 3.05) is 0 Å². The Balaban J connectivity index is 1.93. The van der Waals surface area contributed by atoms with Crippen LogP contribution in [0.3, 0.4) is 0 Å². The summed E-state index contributed by atoms with van der Waals surface area (Å²) in [5.41, 5.74) is 2.71. The lowest BCUT2D eigenvalue weighted by Gasteiger charge is -2.09. The third-order valence-corrected chi connectivity index (χ3v) is 2.64. The first-order chi connectivity index (χ1) is 11.0. The molecule has 0 aliphatic carbocycles. The second-order valence-corrected chi connectivity index (χ2v) is 4.82. The molecule has 1 aromatic carbocycles. The van der Waals surface area contributed by atoms with E-state index in [1.54, 1.807) is 24.3 Å². The molecule has 1 heterocycles. The Bertz CT molecular complexity index is 719. The summed E-state index contributed by atoms with van der Waals surface area (Å²) in [4.78, 5) is 21.7. The summed E-state index contributed by atoms with van der Waals surface area (Å²) >= 11 is 0. The molecule has 0 aliphatic rings. The van der Waals surface area contributed by atoms with Gasteiger partial charge in [0.25, 0.3) is 5.91 Å². The van der Waals surface area contributed by atoms with Crippen LogP contribution in [0.4, 0.5) is 5.88 Å². The van der Waals surface area contributed by atoms with E-state index in [2.05, 4.69) is 10.5 Å². The second-order valence-electron chi connectivity index (χ2n) is 4.82. The first-order valence-corrected chi connectivity index (χ1v) is 6.80. The van der Waals surface area contributed by atoms with Gasteiger partial charge in [0.05, 0.1) is 18.4 Å². The molecular formula is C15H15N3O5. The van der Waals surface area contributed by atoms with Gasteiger partial charge in [-0.3, -0.25) is 14.9 Å². The van der Waals surface area contributed by atoms with Crippen LogP contribution >= 0.6 is 0 Å². The van der Waals surface area contributed by atoms with E-state index in [9.17, 15) is 14.9 Å². The number of amides is 1. The molecule has 1 amide bonds. The maximum Gasteiger partial charge on any atom is 0.433 e. The van der Waals surface area contributed by atoms with Crippen molar-refractivity contribution in [2.45, 2.75) is 20.0 Å². The number of carbonyl (C=O) groups is 1. The van der Waals surface area contributed by atoms with Gasteiger partial charge in [0.15, 0.2) is 5.76 Å². The van der Waals surface area contributed by atoms with Crippen LogP contribution in [0, 0.1) is 10.1 Å². The van der Waals surface area contributed by atoms with Gasteiger partial charge in [-0.05, 0) is 44.2 Å². The number of hydrazone groups is 1. The number of nitrogens with one attached hydrogen (secondary N) is 1. The van der Waals surface area contributed by atoms with Crippen LogP contribution in [-0.2, 0) is 0 Å². The van der Waals surface area contributed by atoms with Gasteiger partial charge in [0.1, 0.15) is 10.7 Å². The van der Waals surface area contributed by atoms with Gasteiger partial charge in [0.2, 0.25) is 0 Å². The lowest BCUT2D eigenvalue weighted by atomic mass is 10.2. The molecule has 0 saturated heterocycles. The van der Waals surface area contributed by atoms with Gasteiger partial charge in [-0.15, -0.1) is 0 Å². The third-order valence-electron chi connectivity index (χ3n) is 2.64. The smallest absolute Gasteiger partial charge is 0.433 e. The van der Waals surface area contributed by atoms with Gasteiger partial charge in [0, 0.05) is 5.56 Å². The summed E-state index contributed by atoms with van der Waals surface area (Å²) in [5.74, 6) is 0.0255. The number of ether oxygens (including phenoxy) is 1. The maximum absolute atomic E-state index is 11.9. The topological polar surface area (TPSA) is 107 Å². The van der Waals surface area contributed by atoms with Crippen molar-refractivity contribution in [3.05, 3.63) is 57.8 Å². The Hall–Kier alpha value is -3.16. The molecule has 0 aliphatic heterocycles. The number of hydrogen-bond donors (Lipinski definition) is 1. The van der Waals surface area contributed by atoms with Crippen molar-refractivity contribution in [3.8, 4) is 5.75 Å². The van der Waals surface area contributed by atoms with Gasteiger partial charge in [-0.25, -0.2) is 5.43 Å². The molecule has 0 spiro atoms. The van der Waals surface area contributed by atoms with E-state index >= 15 is 0 Å². The van der Waals surface area contributed by atoms with E-state index in [0.29, 0.717) is 11.3 Å². The zero-order valence-electron chi connectivity index (χ0n) is 12.6. The summed E-state index contributed by atoms with van der Waals surface area (Å²) < 4.78 is 10.3. The predicted molar refractivity (Wildman–Crippen MR) is 82.6 cm³/mol. The number of nitro groups is 1. The average molecular weight is 317 g/mol. The molecule has 0 saturated carbocycles. The molecule has 1 aromatic heterocycles. The van der Waals surface area contributed by atoms with Gasteiger partial charge >= 0.3 is 5.88 Å². The number of nitrogens with zero attached hydrogens (tertiary/aromatic N) is 2. The lowest BCUT2D eigenvalue weighted by Crippen LogP contribution is -2.17. The Morgan fingerprint density at radius 2 is 2.00 bits per heavy atom. The van der Waals surface area contributed by atoms with Gasteiger partial charge in [-0.2, -0.15) is 5.10 Å². The van der Waals surface area contributed by atoms with E-state index in [0.717, 1.165) is 0 Å². The fourth-order valence-corrected chi connectivity index (χ4v) is 1.69. The fraction of sp³-hybridized carbons (Fsp3) is 0.200. The summed E-state index contributed by atoms with van der Waals surface area (Å²) in [7, 11) is 0. The molecule has 2 aromatic rings. The number of rotatable bonds is 6. The third kappa shape index (κ3) is 4.67. The van der Waals surface area contributed by atoms with Crippen LogP contribution in [0.25, 0.3) is 0 Å². The molecule has 8 heteroatoms. The van der Waals surface area contributed by atoms with Crippen LogP contribution < -0.4 is 10.2 Å². The normalized spacial score (nSPS) is 10.9. The van der Waals surface area contributed by atoms with E-state index < -0.39 is 16.7 Å². The Morgan fingerprint density at radius 3 is 2.57 bits per heavy atom. The first-order valence-electron chi connectivity index (χ1n) is 6.80. The van der Waals surface area contributed by atoms with E-state index in [1.165, 1.54) is 18.3 Å².